The number of hydrogen-bond donors (Lipinski definition) is 0. The molecule has 0 saturated heterocycles. The van der Waals surface area contributed by atoms with E-state index >= 15 is 0 Å². The zero-order valence-corrected chi connectivity index (χ0v) is 9.91. The second kappa shape index (κ2) is 4.35. The first-order valence-corrected chi connectivity index (χ1v) is 5.80. The summed E-state index contributed by atoms with van der Waals surface area (Å²) in [6.07, 6.45) is 2.70. The lowest BCUT2D eigenvalue weighted by Gasteiger charge is -2.27. The number of rotatable bonds is 4. The Bertz CT molecular complexity index is 319. The van der Waals surface area contributed by atoms with Crippen LogP contribution in [0.25, 0.3) is 0 Å². The van der Waals surface area contributed by atoms with E-state index in [0.717, 1.165) is 18.3 Å². The summed E-state index contributed by atoms with van der Waals surface area (Å²) in [5.74, 6) is 1.78. The second-order valence-corrected chi connectivity index (χ2v) is 4.79. The molecule has 15 heavy (non-hydrogen) atoms. The van der Waals surface area contributed by atoms with Gasteiger partial charge in [-0.05, 0) is 44.7 Å². The largest absolute Gasteiger partial charge is 0.352 e. The van der Waals surface area contributed by atoms with E-state index in [1.165, 1.54) is 12.8 Å². The maximum Gasteiger partial charge on any atom is 0.151 e. The maximum atomic E-state index is 5.72. The van der Waals surface area contributed by atoms with Gasteiger partial charge in [0.05, 0.1) is 0 Å². The summed E-state index contributed by atoms with van der Waals surface area (Å²) in [5, 5.41) is 8.46. The van der Waals surface area contributed by atoms with Crippen LogP contribution in [-0.2, 0) is 0 Å². The van der Waals surface area contributed by atoms with E-state index < -0.39 is 0 Å². The molecule has 1 aliphatic rings. The molecule has 1 aromatic rings. The molecule has 0 atom stereocenters. The zero-order valence-electron chi connectivity index (χ0n) is 9.15. The Labute approximate surface area is 95.5 Å². The van der Waals surface area contributed by atoms with Crippen LogP contribution in [0.5, 0.6) is 0 Å². The fraction of sp³-hybridized carbons (Fsp3) is 0.636. The maximum absolute atomic E-state index is 5.72. The van der Waals surface area contributed by atoms with Crippen molar-refractivity contribution in [3.63, 3.8) is 0 Å². The molecule has 0 bridgehead atoms. The Hall–Kier alpha value is -0.830. The summed E-state index contributed by atoms with van der Waals surface area (Å²) >= 11 is 5.72. The molecule has 82 valence electrons. The molecular formula is C11H16ClN3. The van der Waals surface area contributed by atoms with E-state index in [1.54, 1.807) is 6.07 Å². The van der Waals surface area contributed by atoms with Gasteiger partial charge in [0.25, 0.3) is 0 Å². The van der Waals surface area contributed by atoms with Crippen LogP contribution in [0.15, 0.2) is 12.1 Å². The number of hydrogen-bond acceptors (Lipinski definition) is 3. The van der Waals surface area contributed by atoms with Crippen molar-refractivity contribution in [1.29, 1.82) is 0 Å². The predicted octanol–water partition coefficient (Wildman–Crippen LogP) is 2.75. The summed E-state index contributed by atoms with van der Waals surface area (Å²) < 4.78 is 0. The summed E-state index contributed by atoms with van der Waals surface area (Å²) in [6, 6.07) is 4.20. The average molecular weight is 226 g/mol. The Morgan fingerprint density at radius 2 is 2.13 bits per heavy atom. The van der Waals surface area contributed by atoms with Crippen LogP contribution in [0, 0.1) is 5.92 Å². The lowest BCUT2D eigenvalue weighted by molar-refractivity contribution is 0.632. The number of nitrogens with zero attached hydrogens (tertiary/aromatic N) is 3. The van der Waals surface area contributed by atoms with Gasteiger partial charge in [0.1, 0.15) is 0 Å². The molecule has 0 aliphatic heterocycles. The van der Waals surface area contributed by atoms with Gasteiger partial charge in [-0.15, -0.1) is 10.2 Å². The van der Waals surface area contributed by atoms with E-state index in [0.29, 0.717) is 11.2 Å². The first kappa shape index (κ1) is 10.7. The van der Waals surface area contributed by atoms with Crippen LogP contribution >= 0.6 is 11.6 Å². The molecule has 3 nitrogen and oxygen atoms in total. The van der Waals surface area contributed by atoms with Crippen molar-refractivity contribution < 1.29 is 0 Å². The fourth-order valence-electron chi connectivity index (χ4n) is 1.61. The molecule has 1 saturated carbocycles. The standard InChI is InChI=1S/C11H16ClN3/c1-8(2)15(7-9-3-4-9)11-6-5-10(12)13-14-11/h5-6,8-9H,3-4,7H2,1-2H3. The third-order valence-electron chi connectivity index (χ3n) is 2.69. The summed E-state index contributed by atoms with van der Waals surface area (Å²) in [7, 11) is 0. The zero-order chi connectivity index (χ0) is 10.8. The smallest absolute Gasteiger partial charge is 0.151 e. The van der Waals surface area contributed by atoms with E-state index in [1.807, 2.05) is 6.07 Å². The molecule has 1 aliphatic carbocycles. The van der Waals surface area contributed by atoms with E-state index in [4.69, 9.17) is 11.6 Å². The van der Waals surface area contributed by atoms with Crippen LogP contribution in [0.3, 0.4) is 0 Å². The summed E-state index contributed by atoms with van der Waals surface area (Å²) in [4.78, 5) is 2.29. The highest BCUT2D eigenvalue weighted by Crippen LogP contribution is 2.31. The average Bonchev–Trinajstić information content (AvgIpc) is 2.99. The Morgan fingerprint density at radius 1 is 1.40 bits per heavy atom. The molecule has 0 spiro atoms. The lowest BCUT2D eigenvalue weighted by atomic mass is 10.2. The Balaban J connectivity index is 2.11. The first-order valence-electron chi connectivity index (χ1n) is 5.42. The molecule has 1 fully saturated rings. The SMILES string of the molecule is CC(C)N(CC1CC1)c1ccc(Cl)nn1. The topological polar surface area (TPSA) is 29.0 Å². The van der Waals surface area contributed by atoms with E-state index in [9.17, 15) is 0 Å². The molecule has 0 unspecified atom stereocenters. The minimum Gasteiger partial charge on any atom is -0.352 e. The minimum absolute atomic E-state index is 0.453. The van der Waals surface area contributed by atoms with Crippen molar-refractivity contribution in [2.45, 2.75) is 32.7 Å². The third kappa shape index (κ3) is 2.81. The van der Waals surface area contributed by atoms with E-state index in [-0.39, 0.29) is 0 Å². The van der Waals surface area contributed by atoms with Gasteiger partial charge in [-0.1, -0.05) is 11.6 Å². The van der Waals surface area contributed by atoms with Gasteiger partial charge in [-0.3, -0.25) is 0 Å². The van der Waals surface area contributed by atoms with Crippen LogP contribution in [0.4, 0.5) is 5.82 Å². The van der Waals surface area contributed by atoms with Gasteiger partial charge >= 0.3 is 0 Å². The molecular weight excluding hydrogens is 210 g/mol. The van der Waals surface area contributed by atoms with Gasteiger partial charge in [0.15, 0.2) is 11.0 Å². The molecule has 0 N–H and O–H groups in total. The van der Waals surface area contributed by atoms with Crippen molar-refractivity contribution in [2.24, 2.45) is 5.92 Å². The molecule has 4 heteroatoms. The molecule has 1 heterocycles. The predicted molar refractivity (Wildman–Crippen MR) is 62.2 cm³/mol. The number of aromatic nitrogens is 2. The summed E-state index contributed by atoms with van der Waals surface area (Å²) in [5.41, 5.74) is 0. The van der Waals surface area contributed by atoms with Gasteiger partial charge in [-0.2, -0.15) is 0 Å². The van der Waals surface area contributed by atoms with Crippen LogP contribution in [0.2, 0.25) is 5.15 Å². The van der Waals surface area contributed by atoms with Crippen LogP contribution in [0.1, 0.15) is 26.7 Å². The molecule has 1 aromatic heterocycles. The highest BCUT2D eigenvalue weighted by atomic mass is 35.5. The lowest BCUT2D eigenvalue weighted by Crippen LogP contribution is -2.33. The highest BCUT2D eigenvalue weighted by Gasteiger charge is 2.26. The van der Waals surface area contributed by atoms with Crippen LogP contribution < -0.4 is 4.90 Å². The second-order valence-electron chi connectivity index (χ2n) is 4.40. The molecule has 2 rings (SSSR count). The van der Waals surface area contributed by atoms with Gasteiger partial charge < -0.3 is 4.90 Å². The highest BCUT2D eigenvalue weighted by molar-refractivity contribution is 6.29. The van der Waals surface area contributed by atoms with Crippen molar-refractivity contribution in [3.05, 3.63) is 17.3 Å². The Kier molecular flexibility index (Phi) is 3.10. The molecule has 0 amide bonds. The fourth-order valence-corrected chi connectivity index (χ4v) is 1.71. The monoisotopic (exact) mass is 225 g/mol. The van der Waals surface area contributed by atoms with Gasteiger partial charge in [0, 0.05) is 12.6 Å². The van der Waals surface area contributed by atoms with Crippen LogP contribution in [-0.4, -0.2) is 22.8 Å². The first-order chi connectivity index (χ1) is 7.16. The minimum atomic E-state index is 0.453. The van der Waals surface area contributed by atoms with Crippen molar-refractivity contribution in [3.8, 4) is 0 Å². The normalized spacial score (nSPS) is 15.7. The van der Waals surface area contributed by atoms with E-state index in [2.05, 4.69) is 28.9 Å². The van der Waals surface area contributed by atoms with Gasteiger partial charge in [0.2, 0.25) is 0 Å². The van der Waals surface area contributed by atoms with Crippen molar-refractivity contribution >= 4 is 17.4 Å². The number of anilines is 1. The van der Waals surface area contributed by atoms with Crippen molar-refractivity contribution in [2.75, 3.05) is 11.4 Å². The quantitative estimate of drug-likeness (QED) is 0.789. The third-order valence-corrected chi connectivity index (χ3v) is 2.89. The molecule has 0 radical (unpaired) electrons. The summed E-state index contributed by atoms with van der Waals surface area (Å²) in [6.45, 7) is 5.45. The van der Waals surface area contributed by atoms with Gasteiger partial charge in [-0.25, -0.2) is 0 Å². The Morgan fingerprint density at radius 3 is 2.60 bits per heavy atom. The number of halogens is 1. The van der Waals surface area contributed by atoms with Crippen molar-refractivity contribution in [1.82, 2.24) is 10.2 Å². The molecule has 0 aromatic carbocycles.